The van der Waals surface area contributed by atoms with Crippen molar-refractivity contribution in [2.45, 2.75) is 5.08 Å². The molecule has 0 saturated carbocycles. The van der Waals surface area contributed by atoms with Gasteiger partial charge in [0.1, 0.15) is 9.85 Å². The maximum Gasteiger partial charge on any atom is 0.503 e. The summed E-state index contributed by atoms with van der Waals surface area (Å²) in [7, 11) is 0. The van der Waals surface area contributed by atoms with Crippen molar-refractivity contribution in [3.63, 3.8) is 0 Å². The Hall–Kier alpha value is -0.720. The molecule has 0 aliphatic carbocycles. The lowest BCUT2D eigenvalue weighted by atomic mass is 11.2. The average Bonchev–Trinajstić information content (AvgIpc) is 1.64. The number of nitrogens with zero attached hydrogens (tertiary/aromatic N) is 2. The highest BCUT2D eigenvalue weighted by molar-refractivity contribution is 9.09. The number of nitro groups is 2. The first-order valence-electron chi connectivity index (χ1n) is 1.46. The standard InChI is InChI=1S/CHBrN2O4/c2-1(3(5)6)4(7)8/h1H. The maximum atomic E-state index is 9.46. The summed E-state index contributed by atoms with van der Waals surface area (Å²) >= 11 is 2.21. The van der Waals surface area contributed by atoms with Crippen LogP contribution in [0.2, 0.25) is 0 Å². The van der Waals surface area contributed by atoms with Crippen LogP contribution in [0.1, 0.15) is 0 Å². The van der Waals surface area contributed by atoms with E-state index in [1.807, 2.05) is 0 Å². The quantitative estimate of drug-likeness (QED) is 0.202. The minimum absolute atomic E-state index is 1.04. The molecule has 8 heavy (non-hydrogen) atoms. The van der Waals surface area contributed by atoms with Crippen LogP contribution in [0.25, 0.3) is 0 Å². The molecule has 0 saturated heterocycles. The molecule has 0 N–H and O–H groups in total. The second-order valence-electron chi connectivity index (χ2n) is 0.881. The summed E-state index contributed by atoms with van der Waals surface area (Å²) in [4.78, 5) is 16.8. The third-order valence-corrected chi connectivity index (χ3v) is 1.02. The van der Waals surface area contributed by atoms with Crippen molar-refractivity contribution >= 4 is 15.9 Å². The van der Waals surface area contributed by atoms with Crippen LogP contribution in [0.3, 0.4) is 0 Å². The lowest BCUT2D eigenvalue weighted by molar-refractivity contribution is -0.707. The van der Waals surface area contributed by atoms with E-state index in [1.165, 1.54) is 0 Å². The lowest BCUT2D eigenvalue weighted by Gasteiger charge is -1.88. The van der Waals surface area contributed by atoms with Crippen molar-refractivity contribution in [2.75, 3.05) is 0 Å². The van der Waals surface area contributed by atoms with Crippen molar-refractivity contribution < 1.29 is 9.85 Å². The number of hydrogen-bond donors (Lipinski definition) is 0. The zero-order valence-electron chi connectivity index (χ0n) is 3.48. The highest BCUT2D eigenvalue weighted by Crippen LogP contribution is 1.98. The Kier molecular flexibility index (Phi) is 2.32. The molecule has 0 aromatic carbocycles. The van der Waals surface area contributed by atoms with Gasteiger partial charge in [0.25, 0.3) is 0 Å². The molecule has 0 rings (SSSR count). The van der Waals surface area contributed by atoms with Gasteiger partial charge in [-0.25, -0.2) is 0 Å². The molecule has 0 fully saturated rings. The van der Waals surface area contributed by atoms with E-state index in [0.717, 1.165) is 0 Å². The fourth-order valence-electron chi connectivity index (χ4n) is 0.0770. The van der Waals surface area contributed by atoms with E-state index < -0.39 is 14.9 Å². The molecule has 0 radical (unpaired) electrons. The molecule has 0 aromatic heterocycles. The van der Waals surface area contributed by atoms with E-state index in [4.69, 9.17) is 0 Å². The van der Waals surface area contributed by atoms with Crippen LogP contribution < -0.4 is 0 Å². The maximum absolute atomic E-state index is 9.46. The molecule has 7 heteroatoms. The third kappa shape index (κ3) is 1.82. The predicted octanol–water partition coefficient (Wildman–Crippen LogP) is 0.218. The highest BCUT2D eigenvalue weighted by atomic mass is 79.9. The van der Waals surface area contributed by atoms with Gasteiger partial charge in [0.05, 0.1) is 15.9 Å². The number of hydrogen-bond acceptors (Lipinski definition) is 4. The van der Waals surface area contributed by atoms with Crippen LogP contribution in [0.15, 0.2) is 0 Å². The molecule has 0 aliphatic heterocycles. The van der Waals surface area contributed by atoms with Gasteiger partial charge in [-0.15, -0.1) is 0 Å². The summed E-state index contributed by atoms with van der Waals surface area (Å²) in [5.74, 6) is 0. The molecule has 46 valence electrons. The SMILES string of the molecule is O=[N+]([O-])C(Br)[N+](=O)[O-]. The Morgan fingerprint density at radius 1 is 1.25 bits per heavy atom. The Labute approximate surface area is 51.9 Å². The van der Waals surface area contributed by atoms with Crippen LogP contribution in [0.4, 0.5) is 0 Å². The Morgan fingerprint density at radius 2 is 1.50 bits per heavy atom. The molecular formula is CHBrN2O4. The first-order valence-corrected chi connectivity index (χ1v) is 2.38. The van der Waals surface area contributed by atoms with E-state index >= 15 is 0 Å². The Morgan fingerprint density at radius 3 is 1.50 bits per heavy atom. The zero-order valence-corrected chi connectivity index (χ0v) is 5.07. The minimum Gasteiger partial charge on any atom is -0.258 e. The smallest absolute Gasteiger partial charge is 0.258 e. The summed E-state index contributed by atoms with van der Waals surface area (Å²) < 4.78 is 0. The molecule has 0 unspecified atom stereocenters. The number of alkyl halides is 1. The van der Waals surface area contributed by atoms with Gasteiger partial charge in [-0.2, -0.15) is 0 Å². The lowest BCUT2D eigenvalue weighted by Crippen LogP contribution is -2.20. The van der Waals surface area contributed by atoms with Crippen LogP contribution in [-0.2, 0) is 0 Å². The molecule has 0 aromatic rings. The van der Waals surface area contributed by atoms with Crippen molar-refractivity contribution in [3.8, 4) is 0 Å². The van der Waals surface area contributed by atoms with Gasteiger partial charge in [0.15, 0.2) is 0 Å². The normalized spacial score (nSPS) is 9.25. The monoisotopic (exact) mass is 184 g/mol. The van der Waals surface area contributed by atoms with Gasteiger partial charge in [-0.05, 0) is 0 Å². The Bertz CT molecular complexity index is 109. The summed E-state index contributed by atoms with van der Waals surface area (Å²) in [5.41, 5.74) is 0. The van der Waals surface area contributed by atoms with Crippen LogP contribution in [-0.4, -0.2) is 14.9 Å². The third-order valence-electron chi connectivity index (χ3n) is 0.348. The first kappa shape index (κ1) is 7.28. The molecule has 0 bridgehead atoms. The summed E-state index contributed by atoms with van der Waals surface area (Å²) in [6, 6.07) is 0. The van der Waals surface area contributed by atoms with Gasteiger partial charge in [0, 0.05) is 0 Å². The number of rotatable bonds is 2. The van der Waals surface area contributed by atoms with E-state index in [1.54, 1.807) is 0 Å². The summed E-state index contributed by atoms with van der Waals surface area (Å²) in [5, 5.41) is 17.0. The van der Waals surface area contributed by atoms with E-state index in [-0.39, 0.29) is 0 Å². The summed E-state index contributed by atoms with van der Waals surface area (Å²) in [6.45, 7) is 0. The Balaban J connectivity index is 3.83. The zero-order chi connectivity index (χ0) is 6.73. The minimum atomic E-state index is -1.87. The van der Waals surface area contributed by atoms with Gasteiger partial charge < -0.3 is 0 Å². The topological polar surface area (TPSA) is 86.3 Å². The molecule has 6 nitrogen and oxygen atoms in total. The molecule has 0 spiro atoms. The second kappa shape index (κ2) is 2.55. The van der Waals surface area contributed by atoms with Gasteiger partial charge >= 0.3 is 5.08 Å². The van der Waals surface area contributed by atoms with Gasteiger partial charge in [-0.3, -0.25) is 20.2 Å². The van der Waals surface area contributed by atoms with E-state index in [0.29, 0.717) is 0 Å². The predicted molar refractivity (Wildman–Crippen MR) is 26.7 cm³/mol. The molecule has 0 atom stereocenters. The van der Waals surface area contributed by atoms with Crippen LogP contribution in [0, 0.1) is 20.2 Å². The van der Waals surface area contributed by atoms with Crippen molar-refractivity contribution in [3.05, 3.63) is 20.2 Å². The number of halogens is 1. The van der Waals surface area contributed by atoms with Crippen molar-refractivity contribution in [2.24, 2.45) is 0 Å². The molecule has 0 amide bonds. The van der Waals surface area contributed by atoms with Crippen LogP contribution >= 0.6 is 15.9 Å². The fraction of sp³-hybridized carbons (Fsp3) is 1.00. The molecular weight excluding hydrogens is 184 g/mol. The first-order chi connectivity index (χ1) is 3.55. The van der Waals surface area contributed by atoms with E-state index in [9.17, 15) is 20.2 Å². The van der Waals surface area contributed by atoms with Crippen LogP contribution in [0.5, 0.6) is 0 Å². The second-order valence-corrected chi connectivity index (χ2v) is 1.70. The van der Waals surface area contributed by atoms with E-state index in [2.05, 4.69) is 15.9 Å². The van der Waals surface area contributed by atoms with Gasteiger partial charge in [0.2, 0.25) is 0 Å². The molecule has 0 aliphatic rings. The van der Waals surface area contributed by atoms with Crippen molar-refractivity contribution in [1.82, 2.24) is 0 Å². The fourth-order valence-corrected chi connectivity index (χ4v) is 0.0770. The highest BCUT2D eigenvalue weighted by Gasteiger charge is 2.26. The summed E-state index contributed by atoms with van der Waals surface area (Å²) in [6.07, 6.45) is 0. The van der Waals surface area contributed by atoms with Gasteiger partial charge in [-0.1, -0.05) is 0 Å². The average molecular weight is 185 g/mol. The molecule has 0 heterocycles. The largest absolute Gasteiger partial charge is 0.503 e. The van der Waals surface area contributed by atoms with Crippen molar-refractivity contribution in [1.29, 1.82) is 0 Å².